The third-order valence-electron chi connectivity index (χ3n) is 3.72. The van der Waals surface area contributed by atoms with Crippen molar-refractivity contribution in [2.75, 3.05) is 5.32 Å². The van der Waals surface area contributed by atoms with Crippen LogP contribution in [-0.2, 0) is 10.3 Å². The highest BCUT2D eigenvalue weighted by molar-refractivity contribution is 7.22. The monoisotopic (exact) mass is 415 g/mol. The third kappa shape index (κ3) is 4.03. The first-order chi connectivity index (χ1) is 13.0. The Kier molecular flexibility index (Phi) is 4.71. The Balaban J connectivity index is 1.80. The molecule has 0 aliphatic rings. The van der Waals surface area contributed by atoms with Gasteiger partial charge in [0.2, 0.25) is 0 Å². The number of nitro groups is 1. The van der Waals surface area contributed by atoms with Crippen LogP contribution >= 0.6 is 11.3 Å². The van der Waals surface area contributed by atoms with E-state index in [2.05, 4.69) is 20.1 Å². The molecule has 0 aliphatic carbocycles. The van der Waals surface area contributed by atoms with Crippen LogP contribution < -0.4 is 10.1 Å². The molecule has 2 heterocycles. The number of benzene rings is 1. The maximum atomic E-state index is 12.6. The molecule has 2 aromatic heterocycles. The fraction of sp³-hybridized carbons (Fsp3) is 0.267. The van der Waals surface area contributed by atoms with E-state index in [-0.39, 0.29) is 10.8 Å². The summed E-state index contributed by atoms with van der Waals surface area (Å²) in [5.41, 5.74) is -1.17. The molecular formula is C15H12F3N5O4S. The van der Waals surface area contributed by atoms with Crippen LogP contribution in [0.5, 0.6) is 5.75 Å². The van der Waals surface area contributed by atoms with Crippen molar-refractivity contribution in [3.05, 3.63) is 40.7 Å². The van der Waals surface area contributed by atoms with Gasteiger partial charge in [-0.2, -0.15) is 5.10 Å². The minimum absolute atomic E-state index is 0.152. The van der Waals surface area contributed by atoms with E-state index in [4.69, 9.17) is 0 Å². The van der Waals surface area contributed by atoms with Gasteiger partial charge in [0.1, 0.15) is 23.7 Å². The number of carbonyl (C=O) groups is 1. The SMILES string of the molecule is CC(C)(C(=O)Nc1nc2ccc(OC(F)(F)F)cc2s1)n1cc([N+](=O)[O-])cn1. The van der Waals surface area contributed by atoms with Gasteiger partial charge < -0.3 is 4.74 Å². The van der Waals surface area contributed by atoms with Gasteiger partial charge in [-0.25, -0.2) is 4.98 Å². The molecule has 0 saturated carbocycles. The van der Waals surface area contributed by atoms with E-state index in [1.165, 1.54) is 19.9 Å². The van der Waals surface area contributed by atoms with Crippen LogP contribution in [0.1, 0.15) is 13.8 Å². The van der Waals surface area contributed by atoms with Crippen molar-refractivity contribution in [2.24, 2.45) is 0 Å². The first kappa shape index (κ1) is 19.5. The highest BCUT2D eigenvalue weighted by Crippen LogP contribution is 2.32. The Labute approximate surface area is 158 Å². The van der Waals surface area contributed by atoms with Gasteiger partial charge >= 0.3 is 12.0 Å². The summed E-state index contributed by atoms with van der Waals surface area (Å²) in [7, 11) is 0. The lowest BCUT2D eigenvalue weighted by atomic mass is 10.1. The molecule has 0 radical (unpaired) electrons. The quantitative estimate of drug-likeness (QED) is 0.503. The molecule has 0 saturated heterocycles. The van der Waals surface area contributed by atoms with E-state index in [1.807, 2.05) is 0 Å². The minimum atomic E-state index is -4.81. The molecule has 3 aromatic rings. The van der Waals surface area contributed by atoms with Gasteiger partial charge in [0.25, 0.3) is 5.91 Å². The predicted molar refractivity (Wildman–Crippen MR) is 93.1 cm³/mol. The Morgan fingerprint density at radius 3 is 2.68 bits per heavy atom. The van der Waals surface area contributed by atoms with Crippen LogP contribution in [0.3, 0.4) is 0 Å². The number of amides is 1. The first-order valence-electron chi connectivity index (χ1n) is 7.63. The van der Waals surface area contributed by atoms with Crippen LogP contribution in [0, 0.1) is 10.1 Å². The number of rotatable bonds is 5. The van der Waals surface area contributed by atoms with E-state index in [0.717, 1.165) is 40.5 Å². The second kappa shape index (κ2) is 6.74. The standard InChI is InChI=1S/C15H12F3N5O4S/c1-14(2,22-7-8(6-19-22)23(25)26)12(24)21-13-20-10-4-3-9(5-11(10)28-13)27-15(16,17)18/h3-7H,1-2H3,(H,20,21,24). The zero-order chi connectivity index (χ0) is 20.7. The van der Waals surface area contributed by atoms with E-state index in [0.29, 0.717) is 10.2 Å². The smallest absolute Gasteiger partial charge is 0.406 e. The van der Waals surface area contributed by atoms with Gasteiger partial charge in [-0.1, -0.05) is 11.3 Å². The molecule has 0 aliphatic heterocycles. The summed E-state index contributed by atoms with van der Waals surface area (Å²) in [6.45, 7) is 3.00. The van der Waals surface area contributed by atoms with Gasteiger partial charge in [0.15, 0.2) is 5.13 Å². The predicted octanol–water partition coefficient (Wildman–Crippen LogP) is 3.67. The molecular weight excluding hydrogens is 403 g/mol. The summed E-state index contributed by atoms with van der Waals surface area (Å²) in [6.07, 6.45) is -2.67. The molecule has 9 nitrogen and oxygen atoms in total. The van der Waals surface area contributed by atoms with Gasteiger partial charge in [-0.05, 0) is 26.0 Å². The van der Waals surface area contributed by atoms with E-state index in [1.54, 1.807) is 0 Å². The molecule has 28 heavy (non-hydrogen) atoms. The normalized spacial score (nSPS) is 12.2. The Morgan fingerprint density at radius 2 is 2.07 bits per heavy atom. The van der Waals surface area contributed by atoms with E-state index in [9.17, 15) is 28.1 Å². The molecule has 13 heteroatoms. The molecule has 0 spiro atoms. The highest BCUT2D eigenvalue weighted by atomic mass is 32.1. The van der Waals surface area contributed by atoms with Gasteiger partial charge in [0, 0.05) is 6.07 Å². The highest BCUT2D eigenvalue weighted by Gasteiger charge is 2.33. The Morgan fingerprint density at radius 1 is 1.36 bits per heavy atom. The van der Waals surface area contributed by atoms with Crippen molar-refractivity contribution in [3.8, 4) is 5.75 Å². The molecule has 0 unspecified atom stereocenters. The van der Waals surface area contributed by atoms with E-state index >= 15 is 0 Å². The van der Waals surface area contributed by atoms with Crippen molar-refractivity contribution >= 4 is 38.3 Å². The number of anilines is 1. The lowest BCUT2D eigenvalue weighted by molar-refractivity contribution is -0.385. The molecule has 1 aromatic carbocycles. The number of ether oxygens (including phenoxy) is 1. The van der Waals surface area contributed by atoms with Crippen LogP contribution in [-0.4, -0.2) is 32.0 Å². The molecule has 3 rings (SSSR count). The van der Waals surface area contributed by atoms with Crippen molar-refractivity contribution in [2.45, 2.75) is 25.7 Å². The minimum Gasteiger partial charge on any atom is -0.406 e. The van der Waals surface area contributed by atoms with Crippen LogP contribution in [0.2, 0.25) is 0 Å². The number of carbonyl (C=O) groups excluding carboxylic acids is 1. The summed E-state index contributed by atoms with van der Waals surface area (Å²) in [5, 5.41) is 17.3. The number of halogens is 3. The maximum absolute atomic E-state index is 12.6. The largest absolute Gasteiger partial charge is 0.573 e. The van der Waals surface area contributed by atoms with Crippen molar-refractivity contribution in [1.82, 2.24) is 14.8 Å². The van der Waals surface area contributed by atoms with Gasteiger partial charge in [0.05, 0.1) is 15.1 Å². The summed E-state index contributed by atoms with van der Waals surface area (Å²) < 4.78 is 42.3. The summed E-state index contributed by atoms with van der Waals surface area (Å²) in [4.78, 5) is 26.9. The topological polar surface area (TPSA) is 112 Å². The molecule has 148 valence electrons. The second-order valence-corrected chi connectivity index (χ2v) is 7.14. The Bertz CT molecular complexity index is 1060. The number of fused-ring (bicyclic) bond motifs is 1. The van der Waals surface area contributed by atoms with Crippen LogP contribution in [0.25, 0.3) is 10.2 Å². The number of hydrogen-bond donors (Lipinski definition) is 1. The zero-order valence-corrected chi connectivity index (χ0v) is 15.2. The average molecular weight is 415 g/mol. The van der Waals surface area contributed by atoms with E-state index < -0.39 is 28.5 Å². The third-order valence-corrected chi connectivity index (χ3v) is 4.66. The molecule has 0 bridgehead atoms. The number of aromatic nitrogens is 3. The number of thiazole rings is 1. The lowest BCUT2D eigenvalue weighted by Crippen LogP contribution is -2.40. The number of alkyl halides is 3. The molecule has 0 atom stereocenters. The average Bonchev–Trinajstić information content (AvgIpc) is 3.19. The van der Waals surface area contributed by atoms with Crippen LogP contribution in [0.15, 0.2) is 30.6 Å². The van der Waals surface area contributed by atoms with Crippen molar-refractivity contribution in [1.29, 1.82) is 0 Å². The van der Waals surface area contributed by atoms with Crippen molar-refractivity contribution in [3.63, 3.8) is 0 Å². The van der Waals surface area contributed by atoms with Crippen LogP contribution in [0.4, 0.5) is 24.0 Å². The summed E-state index contributed by atoms with van der Waals surface area (Å²) >= 11 is 0.959. The first-order valence-corrected chi connectivity index (χ1v) is 8.45. The number of nitrogens with one attached hydrogen (secondary N) is 1. The summed E-state index contributed by atoms with van der Waals surface area (Å²) in [5.74, 6) is -0.956. The fourth-order valence-electron chi connectivity index (χ4n) is 2.22. The molecule has 0 fully saturated rings. The number of hydrogen-bond acceptors (Lipinski definition) is 7. The Hall–Kier alpha value is -3.22. The summed E-state index contributed by atoms with van der Waals surface area (Å²) in [6, 6.07) is 3.62. The van der Waals surface area contributed by atoms with Gasteiger partial charge in [-0.15, -0.1) is 13.2 Å². The zero-order valence-electron chi connectivity index (χ0n) is 14.4. The number of nitrogens with zero attached hydrogens (tertiary/aromatic N) is 4. The maximum Gasteiger partial charge on any atom is 0.573 e. The lowest BCUT2D eigenvalue weighted by Gasteiger charge is -2.23. The van der Waals surface area contributed by atoms with Gasteiger partial charge in [-0.3, -0.25) is 24.9 Å². The molecule has 1 N–H and O–H groups in total. The second-order valence-electron chi connectivity index (χ2n) is 6.11. The van der Waals surface area contributed by atoms with Crippen molar-refractivity contribution < 1.29 is 27.6 Å². The molecule has 1 amide bonds. The fourth-order valence-corrected chi connectivity index (χ4v) is 3.11.